The lowest BCUT2D eigenvalue weighted by molar-refractivity contribution is 0.367. The maximum Gasteiger partial charge on any atom is 0.322 e. The summed E-state index contributed by atoms with van der Waals surface area (Å²) in [5.74, 6) is 1.09. The molecule has 0 radical (unpaired) electrons. The standard InChI is InChI=1S/C13H15N3O2/c1-8-6-9(2)16-13(15-8)18-11-5-4-10(14)7-12(11)17-3/h4-7H,14H2,1-3H3. The second kappa shape index (κ2) is 4.91. The van der Waals surface area contributed by atoms with Crippen molar-refractivity contribution >= 4 is 5.69 Å². The molecule has 0 unspecified atom stereocenters. The van der Waals surface area contributed by atoms with Crippen molar-refractivity contribution in [1.82, 2.24) is 9.97 Å². The fraction of sp³-hybridized carbons (Fsp3) is 0.231. The van der Waals surface area contributed by atoms with E-state index in [1.807, 2.05) is 19.9 Å². The molecule has 1 heterocycles. The number of anilines is 1. The molecule has 1 aromatic carbocycles. The Bertz CT molecular complexity index is 550. The molecule has 2 N–H and O–H groups in total. The number of nitrogens with zero attached hydrogens (tertiary/aromatic N) is 2. The van der Waals surface area contributed by atoms with Crippen molar-refractivity contribution in [1.29, 1.82) is 0 Å². The van der Waals surface area contributed by atoms with Crippen LogP contribution >= 0.6 is 0 Å². The Labute approximate surface area is 106 Å². The molecule has 0 aliphatic heterocycles. The van der Waals surface area contributed by atoms with Gasteiger partial charge in [0.05, 0.1) is 7.11 Å². The van der Waals surface area contributed by atoms with Crippen LogP contribution in [0, 0.1) is 13.8 Å². The van der Waals surface area contributed by atoms with Gasteiger partial charge in [0.15, 0.2) is 11.5 Å². The molecule has 94 valence electrons. The van der Waals surface area contributed by atoms with Crippen molar-refractivity contribution in [3.05, 3.63) is 35.7 Å². The molecule has 1 aromatic heterocycles. The lowest BCUT2D eigenvalue weighted by atomic mass is 10.3. The minimum absolute atomic E-state index is 0.301. The Hall–Kier alpha value is -2.30. The summed E-state index contributed by atoms with van der Waals surface area (Å²) in [4.78, 5) is 8.41. The second-order valence-corrected chi connectivity index (χ2v) is 3.95. The summed E-state index contributed by atoms with van der Waals surface area (Å²) in [6.45, 7) is 3.78. The lowest BCUT2D eigenvalue weighted by Crippen LogP contribution is -1.98. The van der Waals surface area contributed by atoms with Gasteiger partial charge < -0.3 is 15.2 Å². The molecule has 0 amide bonds. The summed E-state index contributed by atoms with van der Waals surface area (Å²) >= 11 is 0. The number of nitrogen functional groups attached to an aromatic ring is 1. The van der Waals surface area contributed by atoms with Crippen LogP contribution in [-0.4, -0.2) is 17.1 Å². The molecule has 0 fully saturated rings. The van der Waals surface area contributed by atoms with Crippen molar-refractivity contribution in [2.45, 2.75) is 13.8 Å². The van der Waals surface area contributed by atoms with Crippen molar-refractivity contribution in [2.24, 2.45) is 0 Å². The predicted molar refractivity (Wildman–Crippen MR) is 69.0 cm³/mol. The molecule has 0 aliphatic rings. The zero-order valence-electron chi connectivity index (χ0n) is 10.6. The first-order valence-corrected chi connectivity index (χ1v) is 5.52. The highest BCUT2D eigenvalue weighted by Crippen LogP contribution is 2.31. The number of rotatable bonds is 3. The maximum atomic E-state index is 5.68. The van der Waals surface area contributed by atoms with E-state index in [2.05, 4.69) is 9.97 Å². The van der Waals surface area contributed by atoms with Crippen LogP contribution in [0.5, 0.6) is 17.5 Å². The average molecular weight is 245 g/mol. The third-order valence-electron chi connectivity index (χ3n) is 2.35. The smallest absolute Gasteiger partial charge is 0.322 e. The van der Waals surface area contributed by atoms with E-state index in [1.54, 1.807) is 25.3 Å². The van der Waals surface area contributed by atoms with E-state index in [1.165, 1.54) is 0 Å². The third-order valence-corrected chi connectivity index (χ3v) is 2.35. The number of aryl methyl sites for hydroxylation is 2. The first kappa shape index (κ1) is 12.2. The quantitative estimate of drug-likeness (QED) is 0.841. The normalized spacial score (nSPS) is 10.2. The van der Waals surface area contributed by atoms with Gasteiger partial charge >= 0.3 is 6.01 Å². The minimum atomic E-state index is 0.301. The lowest BCUT2D eigenvalue weighted by Gasteiger charge is -2.10. The van der Waals surface area contributed by atoms with E-state index in [4.69, 9.17) is 15.2 Å². The van der Waals surface area contributed by atoms with Crippen LogP contribution in [0.15, 0.2) is 24.3 Å². The van der Waals surface area contributed by atoms with Gasteiger partial charge in [0.2, 0.25) is 0 Å². The van der Waals surface area contributed by atoms with E-state index >= 15 is 0 Å². The molecule has 0 aliphatic carbocycles. The SMILES string of the molecule is COc1cc(N)ccc1Oc1nc(C)cc(C)n1. The van der Waals surface area contributed by atoms with Crippen LogP contribution < -0.4 is 15.2 Å². The summed E-state index contributed by atoms with van der Waals surface area (Å²) in [5.41, 5.74) is 8.00. The monoisotopic (exact) mass is 245 g/mol. The van der Waals surface area contributed by atoms with Crippen LogP contribution in [-0.2, 0) is 0 Å². The summed E-state index contributed by atoms with van der Waals surface area (Å²) in [5, 5.41) is 0. The summed E-state index contributed by atoms with van der Waals surface area (Å²) < 4.78 is 10.8. The molecule has 2 rings (SSSR count). The molecule has 0 atom stereocenters. The van der Waals surface area contributed by atoms with E-state index in [-0.39, 0.29) is 0 Å². The molecule has 0 bridgehead atoms. The highest BCUT2D eigenvalue weighted by Gasteiger charge is 2.08. The fourth-order valence-electron chi connectivity index (χ4n) is 1.61. The third kappa shape index (κ3) is 2.68. The fourth-order valence-corrected chi connectivity index (χ4v) is 1.61. The molecule has 18 heavy (non-hydrogen) atoms. The number of benzene rings is 1. The topological polar surface area (TPSA) is 70.3 Å². The molecular weight excluding hydrogens is 230 g/mol. The van der Waals surface area contributed by atoms with Gasteiger partial charge in [-0.3, -0.25) is 0 Å². The maximum absolute atomic E-state index is 5.68. The Morgan fingerprint density at radius 1 is 1.00 bits per heavy atom. The van der Waals surface area contributed by atoms with Crippen LogP contribution in [0.25, 0.3) is 0 Å². The molecule has 0 saturated heterocycles. The van der Waals surface area contributed by atoms with E-state index in [0.29, 0.717) is 23.2 Å². The Morgan fingerprint density at radius 3 is 2.28 bits per heavy atom. The highest BCUT2D eigenvalue weighted by atomic mass is 16.5. The molecule has 2 aromatic rings. The van der Waals surface area contributed by atoms with Gasteiger partial charge in [-0.2, -0.15) is 0 Å². The van der Waals surface area contributed by atoms with Gasteiger partial charge in [-0.1, -0.05) is 0 Å². The van der Waals surface area contributed by atoms with Gasteiger partial charge in [0.25, 0.3) is 0 Å². The molecule has 0 spiro atoms. The number of ether oxygens (including phenoxy) is 2. The minimum Gasteiger partial charge on any atom is -0.493 e. The number of hydrogen-bond donors (Lipinski definition) is 1. The number of methoxy groups -OCH3 is 1. The van der Waals surface area contributed by atoms with Crippen molar-refractivity contribution in [2.75, 3.05) is 12.8 Å². The van der Waals surface area contributed by atoms with Crippen LogP contribution in [0.1, 0.15) is 11.4 Å². The van der Waals surface area contributed by atoms with Crippen molar-refractivity contribution < 1.29 is 9.47 Å². The predicted octanol–water partition coefficient (Wildman–Crippen LogP) is 2.48. The first-order valence-electron chi connectivity index (χ1n) is 5.52. The Kier molecular flexibility index (Phi) is 3.32. The second-order valence-electron chi connectivity index (χ2n) is 3.95. The van der Waals surface area contributed by atoms with Crippen molar-refractivity contribution in [3.8, 4) is 17.5 Å². The zero-order valence-corrected chi connectivity index (χ0v) is 10.6. The van der Waals surface area contributed by atoms with Crippen LogP contribution in [0.4, 0.5) is 5.69 Å². The Balaban J connectivity index is 2.33. The van der Waals surface area contributed by atoms with Gasteiger partial charge in [0.1, 0.15) is 0 Å². The summed E-state index contributed by atoms with van der Waals surface area (Å²) in [6.07, 6.45) is 0. The summed E-state index contributed by atoms with van der Waals surface area (Å²) in [6, 6.07) is 7.34. The average Bonchev–Trinajstić information content (AvgIpc) is 2.30. The van der Waals surface area contributed by atoms with Gasteiger partial charge in [-0.15, -0.1) is 0 Å². The number of hydrogen-bond acceptors (Lipinski definition) is 5. The largest absolute Gasteiger partial charge is 0.493 e. The summed E-state index contributed by atoms with van der Waals surface area (Å²) in [7, 11) is 1.56. The van der Waals surface area contributed by atoms with Gasteiger partial charge in [0, 0.05) is 23.1 Å². The van der Waals surface area contributed by atoms with E-state index < -0.39 is 0 Å². The Morgan fingerprint density at radius 2 is 1.67 bits per heavy atom. The number of nitrogens with two attached hydrogens (primary N) is 1. The van der Waals surface area contributed by atoms with Gasteiger partial charge in [-0.05, 0) is 32.0 Å². The molecular formula is C13H15N3O2. The van der Waals surface area contributed by atoms with E-state index in [0.717, 1.165) is 11.4 Å². The zero-order chi connectivity index (χ0) is 13.1. The molecule has 5 nitrogen and oxygen atoms in total. The molecule has 5 heteroatoms. The number of aromatic nitrogens is 2. The van der Waals surface area contributed by atoms with Crippen LogP contribution in [0.3, 0.4) is 0 Å². The van der Waals surface area contributed by atoms with E-state index in [9.17, 15) is 0 Å². The first-order chi connectivity index (χ1) is 8.58. The highest BCUT2D eigenvalue weighted by molar-refractivity contribution is 5.52. The van der Waals surface area contributed by atoms with Crippen molar-refractivity contribution in [3.63, 3.8) is 0 Å². The van der Waals surface area contributed by atoms with Crippen LogP contribution in [0.2, 0.25) is 0 Å². The molecule has 0 saturated carbocycles. The van der Waals surface area contributed by atoms with Gasteiger partial charge in [-0.25, -0.2) is 9.97 Å².